The van der Waals surface area contributed by atoms with Gasteiger partial charge in [-0.25, -0.2) is 8.42 Å². The molecule has 0 saturated heterocycles. The first kappa shape index (κ1) is 15.7. The topological polar surface area (TPSA) is 86.5 Å². The lowest BCUT2D eigenvalue weighted by Crippen LogP contribution is -2.25. The predicted molar refractivity (Wildman–Crippen MR) is 73.4 cm³/mol. The summed E-state index contributed by atoms with van der Waals surface area (Å²) in [4.78, 5) is 11.0. The van der Waals surface area contributed by atoms with Crippen LogP contribution in [0.5, 0.6) is 0 Å². The zero-order valence-electron chi connectivity index (χ0n) is 11.1. The summed E-state index contributed by atoms with van der Waals surface area (Å²) in [6.07, 6.45) is -0.140. The quantitative estimate of drug-likeness (QED) is 0.787. The Balaban J connectivity index is 2.68. The molecule has 0 fully saturated rings. The maximum atomic E-state index is 11.9. The Hall–Kier alpha value is -1.40. The zero-order chi connectivity index (χ0) is 14.5. The number of aryl methyl sites for hydroxylation is 1. The molecule has 0 saturated carbocycles. The summed E-state index contributed by atoms with van der Waals surface area (Å²) in [7, 11) is -2.15. The molecular formula is C13H19NO4S. The third-order valence-corrected chi connectivity index (χ3v) is 4.56. The van der Waals surface area contributed by atoms with Crippen molar-refractivity contribution in [1.29, 1.82) is 0 Å². The summed E-state index contributed by atoms with van der Waals surface area (Å²) >= 11 is 0. The molecule has 0 bridgehead atoms. The van der Waals surface area contributed by atoms with Crippen LogP contribution in [0.1, 0.15) is 23.6 Å². The molecule has 1 aromatic carbocycles. The number of nitrogens with two attached hydrogens (primary N) is 1. The number of sulfone groups is 1. The Labute approximate surface area is 113 Å². The molecule has 1 unspecified atom stereocenters. The van der Waals surface area contributed by atoms with Crippen LogP contribution in [-0.2, 0) is 19.4 Å². The second kappa shape index (κ2) is 6.68. The fourth-order valence-electron chi connectivity index (χ4n) is 1.79. The lowest BCUT2D eigenvalue weighted by Gasteiger charge is -2.14. The maximum absolute atomic E-state index is 11.9. The zero-order valence-corrected chi connectivity index (χ0v) is 11.9. The number of ether oxygens (including phenoxy) is 1. The lowest BCUT2D eigenvalue weighted by molar-refractivity contribution is -0.140. The Bertz CT molecular complexity index is 539. The monoisotopic (exact) mass is 285 g/mol. The maximum Gasteiger partial charge on any atom is 0.306 e. The van der Waals surface area contributed by atoms with E-state index in [2.05, 4.69) is 4.74 Å². The van der Waals surface area contributed by atoms with Gasteiger partial charge in [0.15, 0.2) is 9.84 Å². The average Bonchev–Trinajstić information content (AvgIpc) is 2.36. The van der Waals surface area contributed by atoms with Gasteiger partial charge in [0.05, 0.1) is 25.0 Å². The minimum Gasteiger partial charge on any atom is -0.469 e. The van der Waals surface area contributed by atoms with Crippen molar-refractivity contribution in [2.75, 3.05) is 18.6 Å². The SMILES string of the molecule is COC(=O)CCS(=O)(=O)CC(N)c1ccccc1C. The van der Waals surface area contributed by atoms with Crippen LogP contribution >= 0.6 is 0 Å². The molecule has 106 valence electrons. The van der Waals surface area contributed by atoms with E-state index >= 15 is 0 Å². The number of hydrogen-bond acceptors (Lipinski definition) is 5. The molecule has 1 aromatic rings. The van der Waals surface area contributed by atoms with E-state index in [0.717, 1.165) is 11.1 Å². The van der Waals surface area contributed by atoms with Crippen LogP contribution in [0, 0.1) is 6.92 Å². The first-order valence-electron chi connectivity index (χ1n) is 5.94. The summed E-state index contributed by atoms with van der Waals surface area (Å²) in [5.41, 5.74) is 7.69. The fourth-order valence-corrected chi connectivity index (χ4v) is 3.16. The van der Waals surface area contributed by atoms with Crippen molar-refractivity contribution in [3.63, 3.8) is 0 Å². The molecule has 0 aliphatic rings. The predicted octanol–water partition coefficient (Wildman–Crippen LogP) is 0.973. The molecule has 5 nitrogen and oxygen atoms in total. The molecular weight excluding hydrogens is 266 g/mol. The van der Waals surface area contributed by atoms with Gasteiger partial charge >= 0.3 is 5.97 Å². The molecule has 0 aliphatic carbocycles. The van der Waals surface area contributed by atoms with E-state index in [4.69, 9.17) is 5.73 Å². The fraction of sp³-hybridized carbons (Fsp3) is 0.462. The number of carbonyl (C=O) groups is 1. The summed E-state index contributed by atoms with van der Waals surface area (Å²) in [5.74, 6) is -0.943. The van der Waals surface area contributed by atoms with Gasteiger partial charge < -0.3 is 10.5 Å². The van der Waals surface area contributed by atoms with Gasteiger partial charge in [-0.05, 0) is 18.1 Å². The van der Waals surface area contributed by atoms with Crippen molar-refractivity contribution in [3.05, 3.63) is 35.4 Å². The summed E-state index contributed by atoms with van der Waals surface area (Å²) in [5, 5.41) is 0. The summed E-state index contributed by atoms with van der Waals surface area (Å²) < 4.78 is 28.1. The third-order valence-electron chi connectivity index (χ3n) is 2.87. The minimum atomic E-state index is -3.38. The van der Waals surface area contributed by atoms with Gasteiger partial charge in [0.1, 0.15) is 0 Å². The van der Waals surface area contributed by atoms with Gasteiger partial charge in [0.2, 0.25) is 0 Å². The lowest BCUT2D eigenvalue weighted by atomic mass is 10.0. The highest BCUT2D eigenvalue weighted by molar-refractivity contribution is 7.91. The molecule has 0 radical (unpaired) electrons. The Morgan fingerprint density at radius 3 is 2.58 bits per heavy atom. The van der Waals surface area contributed by atoms with Crippen LogP contribution in [0.3, 0.4) is 0 Å². The van der Waals surface area contributed by atoms with Crippen molar-refractivity contribution >= 4 is 15.8 Å². The van der Waals surface area contributed by atoms with E-state index in [1.807, 2.05) is 31.2 Å². The van der Waals surface area contributed by atoms with Gasteiger partial charge in [-0.3, -0.25) is 4.79 Å². The molecule has 19 heavy (non-hydrogen) atoms. The summed E-state index contributed by atoms with van der Waals surface area (Å²) in [6.45, 7) is 1.89. The van der Waals surface area contributed by atoms with Crippen molar-refractivity contribution in [2.45, 2.75) is 19.4 Å². The molecule has 2 N–H and O–H groups in total. The average molecular weight is 285 g/mol. The Morgan fingerprint density at radius 2 is 2.00 bits per heavy atom. The second-order valence-electron chi connectivity index (χ2n) is 4.40. The number of methoxy groups -OCH3 is 1. The van der Waals surface area contributed by atoms with E-state index in [1.54, 1.807) is 0 Å². The molecule has 1 rings (SSSR count). The van der Waals surface area contributed by atoms with Gasteiger partial charge in [0, 0.05) is 6.04 Å². The molecule has 0 heterocycles. The number of carbonyl (C=O) groups excluding carboxylic acids is 1. The highest BCUT2D eigenvalue weighted by atomic mass is 32.2. The first-order valence-corrected chi connectivity index (χ1v) is 7.76. The highest BCUT2D eigenvalue weighted by Gasteiger charge is 2.20. The van der Waals surface area contributed by atoms with Crippen LogP contribution in [0.25, 0.3) is 0 Å². The number of benzene rings is 1. The molecule has 0 amide bonds. The normalized spacial score (nSPS) is 13.0. The second-order valence-corrected chi connectivity index (χ2v) is 6.63. The van der Waals surface area contributed by atoms with E-state index in [-0.39, 0.29) is 17.9 Å². The van der Waals surface area contributed by atoms with E-state index in [9.17, 15) is 13.2 Å². The molecule has 1 atom stereocenters. The first-order chi connectivity index (χ1) is 8.85. The molecule has 0 spiro atoms. The van der Waals surface area contributed by atoms with E-state index < -0.39 is 21.8 Å². The Morgan fingerprint density at radius 1 is 1.37 bits per heavy atom. The molecule has 6 heteroatoms. The van der Waals surface area contributed by atoms with Gasteiger partial charge in [-0.1, -0.05) is 24.3 Å². The van der Waals surface area contributed by atoms with E-state index in [0.29, 0.717) is 0 Å². The van der Waals surface area contributed by atoms with Crippen LogP contribution in [0.15, 0.2) is 24.3 Å². The van der Waals surface area contributed by atoms with E-state index in [1.165, 1.54) is 7.11 Å². The molecule has 0 aromatic heterocycles. The third kappa shape index (κ3) is 5.00. The number of hydrogen-bond donors (Lipinski definition) is 1. The summed E-state index contributed by atoms with van der Waals surface area (Å²) in [6, 6.07) is 6.82. The van der Waals surface area contributed by atoms with Gasteiger partial charge in [0.25, 0.3) is 0 Å². The molecule has 0 aliphatic heterocycles. The Kier molecular flexibility index (Phi) is 5.50. The minimum absolute atomic E-state index is 0.140. The number of esters is 1. The van der Waals surface area contributed by atoms with Crippen LogP contribution in [0.2, 0.25) is 0 Å². The van der Waals surface area contributed by atoms with Crippen molar-refractivity contribution < 1.29 is 17.9 Å². The van der Waals surface area contributed by atoms with Crippen molar-refractivity contribution in [2.24, 2.45) is 5.73 Å². The van der Waals surface area contributed by atoms with Gasteiger partial charge in [-0.2, -0.15) is 0 Å². The van der Waals surface area contributed by atoms with Gasteiger partial charge in [-0.15, -0.1) is 0 Å². The van der Waals surface area contributed by atoms with Crippen molar-refractivity contribution in [3.8, 4) is 0 Å². The van der Waals surface area contributed by atoms with Crippen LogP contribution < -0.4 is 5.73 Å². The highest BCUT2D eigenvalue weighted by Crippen LogP contribution is 2.17. The smallest absolute Gasteiger partial charge is 0.306 e. The van der Waals surface area contributed by atoms with Crippen molar-refractivity contribution in [1.82, 2.24) is 0 Å². The number of rotatable bonds is 6. The standard InChI is InChI=1S/C13H19NO4S/c1-10-5-3-4-6-11(10)12(14)9-19(16,17)8-7-13(15)18-2/h3-6,12H,7-9,14H2,1-2H3. The largest absolute Gasteiger partial charge is 0.469 e. The van der Waals surface area contributed by atoms with Crippen LogP contribution in [-0.4, -0.2) is 33.0 Å². The van der Waals surface area contributed by atoms with Crippen LogP contribution in [0.4, 0.5) is 0 Å².